The third-order valence-corrected chi connectivity index (χ3v) is 5.26. The summed E-state index contributed by atoms with van der Waals surface area (Å²) in [5.41, 5.74) is 2.29. The van der Waals surface area contributed by atoms with E-state index in [1.165, 1.54) is 37.3 Å². The molecule has 0 radical (unpaired) electrons. The highest BCUT2D eigenvalue weighted by Gasteiger charge is 2.16. The molecule has 0 aliphatic heterocycles. The zero-order chi connectivity index (χ0) is 23.3. The van der Waals surface area contributed by atoms with Gasteiger partial charge in [-0.05, 0) is 41.8 Å². The van der Waals surface area contributed by atoms with Crippen molar-refractivity contribution in [3.63, 3.8) is 0 Å². The van der Waals surface area contributed by atoms with Gasteiger partial charge in [0, 0.05) is 43.3 Å². The summed E-state index contributed by atoms with van der Waals surface area (Å²) < 4.78 is 19.6. The van der Waals surface area contributed by atoms with E-state index in [1.807, 2.05) is 6.07 Å². The van der Waals surface area contributed by atoms with Gasteiger partial charge in [0.25, 0.3) is 0 Å². The Balaban J connectivity index is 1.73. The summed E-state index contributed by atoms with van der Waals surface area (Å²) in [5.74, 6) is -0.503. The molecule has 3 aromatic rings. The van der Waals surface area contributed by atoms with E-state index in [0.29, 0.717) is 29.0 Å². The van der Waals surface area contributed by atoms with Crippen molar-refractivity contribution in [1.29, 1.82) is 0 Å². The van der Waals surface area contributed by atoms with E-state index in [2.05, 4.69) is 4.98 Å². The van der Waals surface area contributed by atoms with Crippen molar-refractivity contribution < 1.29 is 23.8 Å². The van der Waals surface area contributed by atoms with E-state index in [4.69, 9.17) is 4.74 Å². The maximum absolute atomic E-state index is 14.6. The van der Waals surface area contributed by atoms with Gasteiger partial charge in [0.1, 0.15) is 11.6 Å². The second-order valence-corrected chi connectivity index (χ2v) is 7.34. The van der Waals surface area contributed by atoms with Gasteiger partial charge in [0.05, 0.1) is 12.8 Å². The standard InChI is InChI=1S/C25H25FN2O4/c1-4-25(31)28(2)21-10-8-17(13-20(21)26)19-9-7-18(14-23(19)30)22(29)11-5-16-6-12-24(32-3)27-15-16/h6-10,12-15,30H,4-5,11H2,1-3H3. The first-order chi connectivity index (χ1) is 15.3. The number of hydrogen-bond donors (Lipinski definition) is 1. The van der Waals surface area contributed by atoms with Crippen LogP contribution in [0.25, 0.3) is 11.1 Å². The lowest BCUT2D eigenvalue weighted by Crippen LogP contribution is -2.25. The van der Waals surface area contributed by atoms with E-state index >= 15 is 0 Å². The van der Waals surface area contributed by atoms with E-state index in [0.717, 1.165) is 5.56 Å². The van der Waals surface area contributed by atoms with Gasteiger partial charge in [0.15, 0.2) is 5.78 Å². The second-order valence-electron chi connectivity index (χ2n) is 7.34. The third-order valence-electron chi connectivity index (χ3n) is 5.26. The number of benzene rings is 2. The SMILES string of the molecule is CCC(=O)N(C)c1ccc(-c2ccc(C(=O)CCc3ccc(OC)nc3)cc2O)cc1F. The zero-order valence-corrected chi connectivity index (χ0v) is 18.3. The number of aromatic nitrogens is 1. The van der Waals surface area contributed by atoms with Crippen LogP contribution >= 0.6 is 0 Å². The van der Waals surface area contributed by atoms with Crippen LogP contribution in [-0.4, -0.2) is 35.9 Å². The lowest BCUT2D eigenvalue weighted by Gasteiger charge is -2.18. The van der Waals surface area contributed by atoms with Crippen LogP contribution in [0.2, 0.25) is 0 Å². The Bertz CT molecular complexity index is 1130. The summed E-state index contributed by atoms with van der Waals surface area (Å²) in [6.07, 6.45) is 2.70. The number of carbonyl (C=O) groups is 2. The lowest BCUT2D eigenvalue weighted by molar-refractivity contribution is -0.118. The van der Waals surface area contributed by atoms with Crippen molar-refractivity contribution in [2.45, 2.75) is 26.2 Å². The highest BCUT2D eigenvalue weighted by molar-refractivity contribution is 5.97. The summed E-state index contributed by atoms with van der Waals surface area (Å²) in [7, 11) is 3.06. The molecule has 6 nitrogen and oxygen atoms in total. The summed E-state index contributed by atoms with van der Waals surface area (Å²) in [6, 6.07) is 12.6. The topological polar surface area (TPSA) is 79.7 Å². The average Bonchev–Trinajstić information content (AvgIpc) is 2.81. The molecule has 0 fully saturated rings. The molecule has 0 unspecified atom stereocenters. The number of rotatable bonds is 8. The number of carbonyl (C=O) groups excluding carboxylic acids is 2. The Morgan fingerprint density at radius 2 is 1.91 bits per heavy atom. The number of pyridine rings is 1. The fourth-order valence-corrected chi connectivity index (χ4v) is 3.35. The van der Waals surface area contributed by atoms with E-state index < -0.39 is 5.82 Å². The van der Waals surface area contributed by atoms with Gasteiger partial charge in [-0.2, -0.15) is 0 Å². The van der Waals surface area contributed by atoms with Gasteiger partial charge in [-0.3, -0.25) is 9.59 Å². The number of methoxy groups -OCH3 is 1. The Morgan fingerprint density at radius 3 is 2.50 bits per heavy atom. The predicted molar refractivity (Wildman–Crippen MR) is 121 cm³/mol. The van der Waals surface area contributed by atoms with Crippen molar-refractivity contribution >= 4 is 17.4 Å². The fourth-order valence-electron chi connectivity index (χ4n) is 3.35. The molecule has 1 amide bonds. The van der Waals surface area contributed by atoms with Crippen LogP contribution in [0.4, 0.5) is 10.1 Å². The van der Waals surface area contributed by atoms with Crippen molar-refractivity contribution in [3.05, 3.63) is 71.7 Å². The molecule has 2 aromatic carbocycles. The first kappa shape index (κ1) is 22.9. The largest absolute Gasteiger partial charge is 0.507 e. The van der Waals surface area contributed by atoms with Crippen LogP contribution in [-0.2, 0) is 11.2 Å². The Morgan fingerprint density at radius 1 is 1.12 bits per heavy atom. The molecule has 0 bridgehead atoms. The van der Waals surface area contributed by atoms with Gasteiger partial charge in [-0.25, -0.2) is 9.37 Å². The summed E-state index contributed by atoms with van der Waals surface area (Å²) in [6.45, 7) is 1.71. The minimum absolute atomic E-state index is 0.118. The van der Waals surface area contributed by atoms with Gasteiger partial charge in [-0.1, -0.05) is 25.1 Å². The molecule has 0 spiro atoms. The monoisotopic (exact) mass is 436 g/mol. The summed E-state index contributed by atoms with van der Waals surface area (Å²) in [4.78, 5) is 29.8. The minimum Gasteiger partial charge on any atom is -0.507 e. The second kappa shape index (κ2) is 10.0. The maximum atomic E-state index is 14.6. The lowest BCUT2D eigenvalue weighted by atomic mass is 9.98. The first-order valence-corrected chi connectivity index (χ1v) is 10.3. The van der Waals surface area contributed by atoms with Crippen molar-refractivity contribution in [2.24, 2.45) is 0 Å². The minimum atomic E-state index is -0.570. The molecule has 166 valence electrons. The summed E-state index contributed by atoms with van der Waals surface area (Å²) in [5, 5.41) is 10.5. The Hall–Kier alpha value is -3.74. The molecule has 32 heavy (non-hydrogen) atoms. The van der Waals surface area contributed by atoms with Crippen LogP contribution < -0.4 is 9.64 Å². The number of Topliss-reactive ketones (excluding diaryl/α,β-unsaturated/α-hetero) is 1. The number of phenols is 1. The van der Waals surface area contributed by atoms with Crippen molar-refractivity contribution in [3.8, 4) is 22.8 Å². The number of phenolic OH excluding ortho intramolecular Hbond substituents is 1. The van der Waals surface area contributed by atoms with Crippen LogP contribution in [0.5, 0.6) is 11.6 Å². The maximum Gasteiger partial charge on any atom is 0.226 e. The third kappa shape index (κ3) is 5.11. The summed E-state index contributed by atoms with van der Waals surface area (Å²) >= 11 is 0. The predicted octanol–water partition coefficient (Wildman–Crippen LogP) is 4.79. The van der Waals surface area contributed by atoms with Gasteiger partial charge in [0.2, 0.25) is 11.8 Å². The Kier molecular flexibility index (Phi) is 7.20. The number of anilines is 1. The zero-order valence-electron chi connectivity index (χ0n) is 18.3. The quantitative estimate of drug-likeness (QED) is 0.514. The average molecular weight is 436 g/mol. The number of hydrogen-bond acceptors (Lipinski definition) is 5. The van der Waals surface area contributed by atoms with Crippen molar-refractivity contribution in [1.82, 2.24) is 4.98 Å². The number of ketones is 1. The molecule has 0 atom stereocenters. The normalized spacial score (nSPS) is 10.6. The number of amides is 1. The molecular formula is C25H25FN2O4. The molecular weight excluding hydrogens is 411 g/mol. The molecule has 1 heterocycles. The number of ether oxygens (including phenoxy) is 1. The van der Waals surface area contributed by atoms with E-state index in [1.54, 1.807) is 37.4 Å². The number of halogens is 1. The molecule has 0 aliphatic rings. The van der Waals surface area contributed by atoms with Crippen LogP contribution in [0.15, 0.2) is 54.7 Å². The van der Waals surface area contributed by atoms with Crippen LogP contribution in [0, 0.1) is 5.82 Å². The number of aryl methyl sites for hydroxylation is 1. The van der Waals surface area contributed by atoms with Gasteiger partial charge < -0.3 is 14.7 Å². The molecule has 3 rings (SSSR count). The van der Waals surface area contributed by atoms with E-state index in [9.17, 15) is 19.1 Å². The Labute approximate surface area is 186 Å². The number of nitrogens with zero attached hydrogens (tertiary/aromatic N) is 2. The van der Waals surface area contributed by atoms with E-state index in [-0.39, 0.29) is 36.0 Å². The van der Waals surface area contributed by atoms with Crippen LogP contribution in [0.3, 0.4) is 0 Å². The first-order valence-electron chi connectivity index (χ1n) is 10.3. The smallest absolute Gasteiger partial charge is 0.226 e. The fraction of sp³-hybridized carbons (Fsp3) is 0.240. The molecule has 0 saturated carbocycles. The number of aromatic hydroxyl groups is 1. The van der Waals surface area contributed by atoms with Crippen LogP contribution in [0.1, 0.15) is 35.7 Å². The van der Waals surface area contributed by atoms with Crippen molar-refractivity contribution in [2.75, 3.05) is 19.1 Å². The molecule has 7 heteroatoms. The molecule has 0 aliphatic carbocycles. The highest BCUT2D eigenvalue weighted by atomic mass is 19.1. The highest BCUT2D eigenvalue weighted by Crippen LogP contribution is 2.33. The molecule has 1 N–H and O–H groups in total. The molecule has 1 aromatic heterocycles. The van der Waals surface area contributed by atoms with Gasteiger partial charge in [-0.15, -0.1) is 0 Å². The molecule has 0 saturated heterocycles. The van der Waals surface area contributed by atoms with Gasteiger partial charge >= 0.3 is 0 Å².